The smallest absolute Gasteiger partial charge is 0.277 e. The first-order valence-corrected chi connectivity index (χ1v) is 10.1. The van der Waals surface area contributed by atoms with Crippen molar-refractivity contribution >= 4 is 29.1 Å². The van der Waals surface area contributed by atoms with Gasteiger partial charge in [-0.2, -0.15) is 0 Å². The van der Waals surface area contributed by atoms with Crippen LogP contribution in [-0.4, -0.2) is 34.2 Å². The molecule has 4 rings (SSSR count). The van der Waals surface area contributed by atoms with Crippen molar-refractivity contribution in [3.63, 3.8) is 0 Å². The van der Waals surface area contributed by atoms with Gasteiger partial charge in [0.15, 0.2) is 5.78 Å². The number of thioether (sulfide) groups is 1. The Morgan fingerprint density at radius 2 is 2.00 bits per heavy atom. The average Bonchev–Trinajstić information content (AvgIpc) is 3.36. The zero-order chi connectivity index (χ0) is 19.5. The minimum Gasteiger partial charge on any atom is -0.411 e. The molecule has 1 amide bonds. The Morgan fingerprint density at radius 3 is 2.75 bits per heavy atom. The summed E-state index contributed by atoms with van der Waals surface area (Å²) in [6, 6.07) is 15.0. The second-order valence-corrected chi connectivity index (χ2v) is 7.58. The Kier molecular flexibility index (Phi) is 5.25. The third-order valence-corrected chi connectivity index (χ3v) is 5.40. The molecule has 6 nitrogen and oxygen atoms in total. The van der Waals surface area contributed by atoms with Crippen molar-refractivity contribution in [3.8, 4) is 11.5 Å². The summed E-state index contributed by atoms with van der Waals surface area (Å²) in [5.41, 5.74) is 3.35. The number of amides is 1. The average molecular weight is 393 g/mol. The molecule has 1 fully saturated rings. The van der Waals surface area contributed by atoms with Crippen molar-refractivity contribution in [2.75, 3.05) is 17.2 Å². The van der Waals surface area contributed by atoms with Crippen LogP contribution in [0.3, 0.4) is 0 Å². The first-order valence-electron chi connectivity index (χ1n) is 9.07. The van der Waals surface area contributed by atoms with Gasteiger partial charge >= 0.3 is 0 Å². The lowest BCUT2D eigenvalue weighted by atomic mass is 10.1. The topological polar surface area (TPSA) is 76.3 Å². The second kappa shape index (κ2) is 7.98. The van der Waals surface area contributed by atoms with E-state index < -0.39 is 0 Å². The number of carbonyl (C=O) groups is 2. The number of nitrogens with zero attached hydrogens (tertiary/aromatic N) is 3. The van der Waals surface area contributed by atoms with Crippen molar-refractivity contribution < 1.29 is 14.0 Å². The first-order chi connectivity index (χ1) is 13.6. The molecule has 0 spiro atoms. The zero-order valence-corrected chi connectivity index (χ0v) is 16.2. The maximum Gasteiger partial charge on any atom is 0.277 e. The van der Waals surface area contributed by atoms with Gasteiger partial charge in [-0.25, -0.2) is 0 Å². The fraction of sp³-hybridized carbons (Fsp3) is 0.238. The number of rotatable bonds is 6. The van der Waals surface area contributed by atoms with Crippen molar-refractivity contribution in [2.24, 2.45) is 0 Å². The van der Waals surface area contributed by atoms with Crippen LogP contribution in [0.25, 0.3) is 11.5 Å². The normalized spacial score (nSPS) is 13.9. The minimum absolute atomic E-state index is 0.0476. The van der Waals surface area contributed by atoms with Gasteiger partial charge in [0.05, 0.1) is 5.75 Å². The molecular formula is C21H19N3O3S. The van der Waals surface area contributed by atoms with Gasteiger partial charge in [0.25, 0.3) is 5.22 Å². The second-order valence-electron chi connectivity index (χ2n) is 6.65. The summed E-state index contributed by atoms with van der Waals surface area (Å²) in [4.78, 5) is 26.2. The summed E-state index contributed by atoms with van der Waals surface area (Å²) in [7, 11) is 0. The Hall–Kier alpha value is -2.93. The third-order valence-electron chi connectivity index (χ3n) is 4.58. The molecule has 0 aliphatic carbocycles. The predicted octanol–water partition coefficient (Wildman–Crippen LogP) is 4.15. The lowest BCUT2D eigenvalue weighted by molar-refractivity contribution is -0.117. The molecule has 0 saturated carbocycles. The largest absolute Gasteiger partial charge is 0.411 e. The molecule has 3 aromatic rings. The quantitative estimate of drug-likeness (QED) is 0.463. The van der Waals surface area contributed by atoms with Crippen LogP contribution in [0, 0.1) is 6.92 Å². The highest BCUT2D eigenvalue weighted by atomic mass is 32.2. The van der Waals surface area contributed by atoms with E-state index in [4.69, 9.17) is 4.42 Å². The monoisotopic (exact) mass is 393 g/mol. The van der Waals surface area contributed by atoms with Crippen LogP contribution >= 0.6 is 11.8 Å². The summed E-state index contributed by atoms with van der Waals surface area (Å²) in [6.07, 6.45) is 1.42. The van der Waals surface area contributed by atoms with Gasteiger partial charge in [-0.05, 0) is 37.6 Å². The number of hydrogen-bond donors (Lipinski definition) is 0. The van der Waals surface area contributed by atoms with E-state index in [0.717, 1.165) is 23.2 Å². The lowest BCUT2D eigenvalue weighted by Crippen LogP contribution is -2.23. The molecule has 2 heterocycles. The van der Waals surface area contributed by atoms with Crippen LogP contribution in [0.1, 0.15) is 28.8 Å². The molecule has 1 aliphatic heterocycles. The molecule has 1 aliphatic rings. The van der Waals surface area contributed by atoms with Gasteiger partial charge in [0.2, 0.25) is 11.8 Å². The summed E-state index contributed by atoms with van der Waals surface area (Å²) in [6.45, 7) is 2.72. The van der Waals surface area contributed by atoms with Crippen LogP contribution in [0.2, 0.25) is 0 Å². The highest BCUT2D eigenvalue weighted by molar-refractivity contribution is 7.99. The zero-order valence-electron chi connectivity index (χ0n) is 15.4. The summed E-state index contributed by atoms with van der Waals surface area (Å²) in [5.74, 6) is 0.680. The first kappa shape index (κ1) is 18.4. The van der Waals surface area contributed by atoms with Gasteiger partial charge in [-0.1, -0.05) is 41.6 Å². The minimum atomic E-state index is -0.0476. The van der Waals surface area contributed by atoms with E-state index in [9.17, 15) is 9.59 Å². The summed E-state index contributed by atoms with van der Waals surface area (Å²) in [5, 5.41) is 8.42. The number of anilines is 1. The fourth-order valence-electron chi connectivity index (χ4n) is 3.06. The van der Waals surface area contributed by atoms with Gasteiger partial charge in [0.1, 0.15) is 0 Å². The van der Waals surface area contributed by atoms with Crippen LogP contribution in [0.5, 0.6) is 0 Å². The number of benzene rings is 2. The Balaban J connectivity index is 1.41. The number of aryl methyl sites for hydroxylation is 1. The number of aromatic nitrogens is 2. The van der Waals surface area contributed by atoms with Gasteiger partial charge in [-0.15, -0.1) is 10.2 Å². The molecule has 2 aromatic carbocycles. The SMILES string of the molecule is Cc1ccc(-c2nnc(SCC(=O)c3cccc(N4CCCC4=O)c3)o2)cc1. The molecule has 0 bridgehead atoms. The van der Waals surface area contributed by atoms with E-state index in [2.05, 4.69) is 10.2 Å². The van der Waals surface area contributed by atoms with E-state index in [1.165, 1.54) is 11.8 Å². The van der Waals surface area contributed by atoms with E-state index in [1.54, 1.807) is 23.1 Å². The van der Waals surface area contributed by atoms with E-state index >= 15 is 0 Å². The summed E-state index contributed by atoms with van der Waals surface area (Å²) < 4.78 is 5.65. The lowest BCUT2D eigenvalue weighted by Gasteiger charge is -2.16. The van der Waals surface area contributed by atoms with Crippen molar-refractivity contribution in [1.29, 1.82) is 0 Å². The number of hydrogen-bond acceptors (Lipinski definition) is 6. The van der Waals surface area contributed by atoms with Crippen molar-refractivity contribution in [2.45, 2.75) is 25.0 Å². The number of Topliss-reactive ketones (excluding diaryl/α,β-unsaturated/α-hetero) is 1. The molecule has 142 valence electrons. The Morgan fingerprint density at radius 1 is 1.18 bits per heavy atom. The molecule has 0 atom stereocenters. The van der Waals surface area contributed by atoms with Crippen LogP contribution in [0.4, 0.5) is 5.69 Å². The van der Waals surface area contributed by atoms with E-state index in [1.807, 2.05) is 37.3 Å². The van der Waals surface area contributed by atoms with Crippen LogP contribution in [0.15, 0.2) is 58.2 Å². The highest BCUT2D eigenvalue weighted by Gasteiger charge is 2.22. The Labute approximate surface area is 167 Å². The van der Waals surface area contributed by atoms with Crippen molar-refractivity contribution in [1.82, 2.24) is 10.2 Å². The predicted molar refractivity (Wildman–Crippen MR) is 108 cm³/mol. The fourth-order valence-corrected chi connectivity index (χ4v) is 3.72. The standard InChI is InChI=1S/C21H19N3O3S/c1-14-7-9-15(10-8-14)20-22-23-21(27-20)28-13-18(25)16-4-2-5-17(12-16)24-11-3-6-19(24)26/h2,4-5,7-10,12H,3,6,11,13H2,1H3. The highest BCUT2D eigenvalue weighted by Crippen LogP contribution is 2.26. The maximum atomic E-state index is 12.6. The maximum absolute atomic E-state index is 12.6. The number of carbonyl (C=O) groups excluding carboxylic acids is 2. The summed E-state index contributed by atoms with van der Waals surface area (Å²) >= 11 is 1.21. The van der Waals surface area contributed by atoms with Crippen LogP contribution in [-0.2, 0) is 4.79 Å². The van der Waals surface area contributed by atoms with Gasteiger partial charge in [0, 0.05) is 29.8 Å². The molecule has 0 N–H and O–H groups in total. The van der Waals surface area contributed by atoms with Crippen LogP contribution < -0.4 is 4.90 Å². The molecular weight excluding hydrogens is 374 g/mol. The van der Waals surface area contributed by atoms with Crippen molar-refractivity contribution in [3.05, 3.63) is 59.7 Å². The molecule has 1 saturated heterocycles. The molecule has 28 heavy (non-hydrogen) atoms. The molecule has 7 heteroatoms. The van der Waals surface area contributed by atoms with Gasteiger partial charge in [-0.3, -0.25) is 9.59 Å². The molecule has 1 aromatic heterocycles. The van der Waals surface area contributed by atoms with E-state index in [-0.39, 0.29) is 17.4 Å². The van der Waals surface area contributed by atoms with Gasteiger partial charge < -0.3 is 9.32 Å². The molecule has 0 radical (unpaired) electrons. The van der Waals surface area contributed by atoms with E-state index in [0.29, 0.717) is 29.6 Å². The third kappa shape index (κ3) is 3.99. The molecule has 0 unspecified atom stereocenters. The Bertz CT molecular complexity index is 1010. The number of ketones is 1.